The molecule has 0 aliphatic rings. The fourth-order valence-corrected chi connectivity index (χ4v) is 1.38. The highest BCUT2D eigenvalue weighted by molar-refractivity contribution is 6.38. The van der Waals surface area contributed by atoms with Gasteiger partial charge in [0.25, 0.3) is 0 Å². The summed E-state index contributed by atoms with van der Waals surface area (Å²) in [4.78, 5) is 0. The Kier molecular flexibility index (Phi) is 4.12. The number of halogens is 2. The molecule has 0 heterocycles. The van der Waals surface area contributed by atoms with Crippen LogP contribution in [0.2, 0.25) is 10.0 Å². The summed E-state index contributed by atoms with van der Waals surface area (Å²) in [6, 6.07) is 5.28. The largest absolute Gasteiger partial charge is 0.188 e. The van der Waals surface area contributed by atoms with Crippen LogP contribution in [0.4, 0.5) is 5.69 Å². The minimum atomic E-state index is 0.122. The Balaban J connectivity index is 2.81. The van der Waals surface area contributed by atoms with Gasteiger partial charge in [-0.3, -0.25) is 0 Å². The summed E-state index contributed by atoms with van der Waals surface area (Å²) in [7, 11) is 0. The van der Waals surface area contributed by atoms with Crippen LogP contribution in [0.25, 0.3) is 0 Å². The molecule has 0 aliphatic heterocycles. The molecule has 0 saturated heterocycles. The highest BCUT2D eigenvalue weighted by Crippen LogP contribution is 2.33. The average molecular weight is 245 g/mol. The molecule has 0 bridgehead atoms. The second kappa shape index (κ2) is 4.95. The van der Waals surface area contributed by atoms with Crippen LogP contribution in [-0.4, -0.2) is 6.54 Å². The van der Waals surface area contributed by atoms with Gasteiger partial charge in [0.15, 0.2) is 0 Å². The zero-order valence-corrected chi connectivity index (χ0v) is 10.6. The van der Waals surface area contributed by atoms with Crippen molar-refractivity contribution in [1.29, 1.82) is 0 Å². The fourth-order valence-electron chi connectivity index (χ4n) is 0.903. The summed E-state index contributed by atoms with van der Waals surface area (Å²) in [5, 5.41) is 9.20. The Morgan fingerprint density at radius 3 is 2.13 bits per heavy atom. The van der Waals surface area contributed by atoms with Gasteiger partial charge in [0.2, 0.25) is 0 Å². The van der Waals surface area contributed by atoms with E-state index in [-0.39, 0.29) is 5.41 Å². The van der Waals surface area contributed by atoms with Gasteiger partial charge in [0, 0.05) is 0 Å². The highest BCUT2D eigenvalue weighted by atomic mass is 35.5. The van der Waals surface area contributed by atoms with Crippen molar-refractivity contribution < 1.29 is 0 Å². The van der Waals surface area contributed by atoms with Crippen LogP contribution in [0.3, 0.4) is 0 Å². The molecule has 4 heteroatoms. The zero-order chi connectivity index (χ0) is 11.5. The second-order valence-electron chi connectivity index (χ2n) is 4.53. The number of benzene rings is 1. The quantitative estimate of drug-likeness (QED) is 0.646. The number of hydrogen-bond donors (Lipinski definition) is 0. The lowest BCUT2D eigenvalue weighted by Crippen LogP contribution is -2.08. The second-order valence-corrected chi connectivity index (χ2v) is 5.34. The first-order valence-electron chi connectivity index (χ1n) is 4.72. The van der Waals surface area contributed by atoms with E-state index in [2.05, 4.69) is 31.0 Å². The first-order chi connectivity index (χ1) is 6.90. The van der Waals surface area contributed by atoms with Crippen LogP contribution in [0.5, 0.6) is 0 Å². The molecule has 0 aliphatic carbocycles. The van der Waals surface area contributed by atoms with Crippen molar-refractivity contribution in [3.63, 3.8) is 0 Å². The van der Waals surface area contributed by atoms with E-state index in [1.165, 1.54) is 0 Å². The summed E-state index contributed by atoms with van der Waals surface area (Å²) in [5.41, 5.74) is 0.669. The molecule has 1 rings (SSSR count). The third kappa shape index (κ3) is 4.18. The van der Waals surface area contributed by atoms with E-state index in [0.717, 1.165) is 0 Å². The molecular weight excluding hydrogens is 231 g/mol. The lowest BCUT2D eigenvalue weighted by Gasteiger charge is -2.12. The van der Waals surface area contributed by atoms with Gasteiger partial charge in [-0.15, -0.1) is 0 Å². The molecule has 2 nitrogen and oxygen atoms in total. The number of hydrogen-bond acceptors (Lipinski definition) is 2. The molecule has 1 aromatic rings. The van der Waals surface area contributed by atoms with Gasteiger partial charge < -0.3 is 0 Å². The van der Waals surface area contributed by atoms with Crippen molar-refractivity contribution in [2.45, 2.75) is 20.8 Å². The van der Waals surface area contributed by atoms with E-state index in [1.54, 1.807) is 18.2 Å². The van der Waals surface area contributed by atoms with Crippen molar-refractivity contribution >= 4 is 28.9 Å². The molecule has 0 atom stereocenters. The van der Waals surface area contributed by atoms with E-state index >= 15 is 0 Å². The van der Waals surface area contributed by atoms with Gasteiger partial charge in [0.05, 0.1) is 16.6 Å². The monoisotopic (exact) mass is 244 g/mol. The normalized spacial score (nSPS) is 12.3. The van der Waals surface area contributed by atoms with Gasteiger partial charge >= 0.3 is 0 Å². The molecule has 0 unspecified atom stereocenters. The zero-order valence-electron chi connectivity index (χ0n) is 9.09. The molecule has 82 valence electrons. The van der Waals surface area contributed by atoms with Crippen molar-refractivity contribution in [2.24, 2.45) is 15.6 Å². The molecule has 0 N–H and O–H groups in total. The van der Waals surface area contributed by atoms with Crippen molar-refractivity contribution in [3.05, 3.63) is 28.2 Å². The Morgan fingerprint density at radius 2 is 1.67 bits per heavy atom. The van der Waals surface area contributed by atoms with Crippen molar-refractivity contribution in [1.82, 2.24) is 0 Å². The van der Waals surface area contributed by atoms with E-state index in [9.17, 15) is 0 Å². The lowest BCUT2D eigenvalue weighted by atomic mass is 9.98. The van der Waals surface area contributed by atoms with Crippen LogP contribution < -0.4 is 0 Å². The van der Waals surface area contributed by atoms with E-state index in [4.69, 9.17) is 23.2 Å². The molecule has 15 heavy (non-hydrogen) atoms. The third-order valence-electron chi connectivity index (χ3n) is 1.65. The topological polar surface area (TPSA) is 24.7 Å². The Bertz CT molecular complexity index is 347. The summed E-state index contributed by atoms with van der Waals surface area (Å²) in [5.74, 6) is 0. The molecule has 0 amide bonds. The number of rotatable bonds is 2. The van der Waals surface area contributed by atoms with Gasteiger partial charge in [-0.05, 0) is 17.5 Å². The SMILES string of the molecule is CC(C)(C)CN=Nc1c(Cl)cccc1Cl. The molecule has 0 saturated carbocycles. The van der Waals surface area contributed by atoms with E-state index in [1.807, 2.05) is 0 Å². The summed E-state index contributed by atoms with van der Waals surface area (Å²) in [6.45, 7) is 6.94. The average Bonchev–Trinajstić information content (AvgIpc) is 2.08. The summed E-state index contributed by atoms with van der Waals surface area (Å²) in [6.07, 6.45) is 0. The van der Waals surface area contributed by atoms with Gasteiger partial charge in [-0.25, -0.2) is 0 Å². The van der Waals surface area contributed by atoms with E-state index in [0.29, 0.717) is 22.3 Å². The van der Waals surface area contributed by atoms with Crippen molar-refractivity contribution in [2.75, 3.05) is 6.54 Å². The minimum Gasteiger partial charge on any atom is -0.188 e. The Hall–Kier alpha value is -0.600. The van der Waals surface area contributed by atoms with Gasteiger partial charge in [-0.1, -0.05) is 50.0 Å². The number of nitrogens with zero attached hydrogens (tertiary/aromatic N) is 2. The fraction of sp³-hybridized carbons (Fsp3) is 0.455. The molecule has 1 aromatic carbocycles. The lowest BCUT2D eigenvalue weighted by molar-refractivity contribution is 0.422. The molecular formula is C11H14Cl2N2. The maximum absolute atomic E-state index is 5.94. The minimum absolute atomic E-state index is 0.122. The smallest absolute Gasteiger partial charge is 0.122 e. The summed E-state index contributed by atoms with van der Waals surface area (Å²) < 4.78 is 0. The van der Waals surface area contributed by atoms with Gasteiger partial charge in [-0.2, -0.15) is 10.2 Å². The highest BCUT2D eigenvalue weighted by Gasteiger charge is 2.09. The first-order valence-corrected chi connectivity index (χ1v) is 5.47. The van der Waals surface area contributed by atoms with E-state index < -0.39 is 0 Å². The maximum Gasteiger partial charge on any atom is 0.122 e. The van der Waals surface area contributed by atoms with Crippen LogP contribution in [-0.2, 0) is 0 Å². The van der Waals surface area contributed by atoms with Crippen LogP contribution in [0.1, 0.15) is 20.8 Å². The number of azo groups is 1. The Morgan fingerprint density at radius 1 is 1.13 bits per heavy atom. The predicted molar refractivity (Wildman–Crippen MR) is 65.3 cm³/mol. The molecule has 0 aromatic heterocycles. The maximum atomic E-state index is 5.94. The molecule has 0 radical (unpaired) electrons. The van der Waals surface area contributed by atoms with Crippen molar-refractivity contribution in [3.8, 4) is 0 Å². The molecule has 0 spiro atoms. The predicted octanol–water partition coefficient (Wildman–Crippen LogP) is 5.12. The van der Waals surface area contributed by atoms with Crippen LogP contribution in [0, 0.1) is 5.41 Å². The van der Waals surface area contributed by atoms with Crippen LogP contribution >= 0.6 is 23.2 Å². The Labute approximate surface area is 100 Å². The third-order valence-corrected chi connectivity index (χ3v) is 2.26. The molecule has 0 fully saturated rings. The standard InChI is InChI=1S/C11H14Cl2N2/c1-11(2,3)7-14-15-10-8(12)5-4-6-9(10)13/h4-6H,7H2,1-3H3. The summed E-state index contributed by atoms with van der Waals surface area (Å²) >= 11 is 11.9. The van der Waals surface area contributed by atoms with Gasteiger partial charge in [0.1, 0.15) is 5.69 Å². The van der Waals surface area contributed by atoms with Crippen LogP contribution in [0.15, 0.2) is 28.4 Å². The first kappa shape index (κ1) is 12.5.